The van der Waals surface area contributed by atoms with E-state index in [2.05, 4.69) is 23.8 Å². The highest BCUT2D eigenvalue weighted by Crippen LogP contribution is 2.42. The van der Waals surface area contributed by atoms with E-state index in [9.17, 15) is 23.5 Å². The fourth-order valence-electron chi connectivity index (χ4n) is 5.76. The lowest BCUT2D eigenvalue weighted by Gasteiger charge is -2.31. The third-order valence-corrected chi connectivity index (χ3v) is 7.80. The van der Waals surface area contributed by atoms with Crippen LogP contribution in [0.15, 0.2) is 61.7 Å². The Kier molecular flexibility index (Phi) is 10.8. The standard InChI is InChI=1S/C32H39F2N3O5/c1-4-7-28(37-11-6-8-31(37)39)32(40)36-27(15-20-13-21(33)16-22(34)14-20)29(38)19-35-26-18-30(42-12-5-2)24-10-9-23(41-3)17-25(24)26/h4-5,9-10,13-14,16-17,26-30,35,38H,1-2,6-8,11-12,15,18-19H2,3H3,(H,36,40)/t26-,27-,28?,29+,30+/m0/s1. The number of benzene rings is 2. The summed E-state index contributed by atoms with van der Waals surface area (Å²) in [5, 5.41) is 17.6. The normalized spacial score (nSPS) is 20.1. The van der Waals surface area contributed by atoms with Crippen LogP contribution in [0.4, 0.5) is 8.78 Å². The Labute approximate surface area is 245 Å². The van der Waals surface area contributed by atoms with Crippen molar-refractivity contribution in [1.82, 2.24) is 15.5 Å². The van der Waals surface area contributed by atoms with E-state index in [0.717, 1.165) is 17.2 Å². The molecule has 0 aromatic heterocycles. The molecule has 1 fully saturated rings. The smallest absolute Gasteiger partial charge is 0.243 e. The number of aliphatic hydroxyl groups excluding tert-OH is 1. The average Bonchev–Trinajstić information content (AvgIpc) is 3.54. The molecular formula is C32H39F2N3O5. The molecule has 0 saturated carbocycles. The Morgan fingerprint density at radius 3 is 2.57 bits per heavy atom. The molecule has 4 rings (SSSR count). The number of carbonyl (C=O) groups excluding carboxylic acids is 2. The topological polar surface area (TPSA) is 100 Å². The lowest BCUT2D eigenvalue weighted by atomic mass is 9.99. The average molecular weight is 584 g/mol. The van der Waals surface area contributed by atoms with Gasteiger partial charge >= 0.3 is 0 Å². The van der Waals surface area contributed by atoms with Gasteiger partial charge in [-0.3, -0.25) is 9.59 Å². The lowest BCUT2D eigenvalue weighted by molar-refractivity contribution is -0.138. The maximum absolute atomic E-state index is 14.0. The molecule has 1 heterocycles. The minimum absolute atomic E-state index is 0.0296. The number of nitrogens with one attached hydrogen (secondary N) is 2. The molecule has 0 bridgehead atoms. The highest BCUT2D eigenvalue weighted by Gasteiger charge is 2.35. The highest BCUT2D eigenvalue weighted by molar-refractivity contribution is 5.89. The van der Waals surface area contributed by atoms with Crippen molar-refractivity contribution in [2.24, 2.45) is 0 Å². The van der Waals surface area contributed by atoms with E-state index in [4.69, 9.17) is 9.47 Å². The number of hydrogen-bond donors (Lipinski definition) is 3. The zero-order chi connectivity index (χ0) is 30.2. The van der Waals surface area contributed by atoms with E-state index in [1.165, 1.54) is 17.0 Å². The molecule has 1 saturated heterocycles. The molecule has 42 heavy (non-hydrogen) atoms. The first-order valence-corrected chi connectivity index (χ1v) is 14.2. The fourth-order valence-corrected chi connectivity index (χ4v) is 5.76. The molecular weight excluding hydrogens is 544 g/mol. The SMILES string of the molecule is C=CCO[C@@H]1C[C@H](NC[C@@H](O)[C@H](Cc2cc(F)cc(F)c2)NC(=O)C(CC=C)N2CCCC2=O)c2cc(OC)ccc21. The molecule has 10 heteroatoms. The van der Waals surface area contributed by atoms with Gasteiger partial charge < -0.3 is 30.1 Å². The first kappa shape index (κ1) is 31.3. The predicted octanol–water partition coefficient (Wildman–Crippen LogP) is 3.91. The molecule has 2 aliphatic rings. The van der Waals surface area contributed by atoms with Crippen LogP contribution in [-0.4, -0.2) is 66.8 Å². The van der Waals surface area contributed by atoms with Gasteiger partial charge in [-0.15, -0.1) is 13.2 Å². The maximum atomic E-state index is 14.0. The van der Waals surface area contributed by atoms with E-state index < -0.39 is 35.7 Å². The van der Waals surface area contributed by atoms with Gasteiger partial charge in [0, 0.05) is 31.6 Å². The molecule has 1 aliphatic heterocycles. The minimum Gasteiger partial charge on any atom is -0.497 e. The van der Waals surface area contributed by atoms with Crippen molar-refractivity contribution in [3.05, 3.63) is 90.0 Å². The van der Waals surface area contributed by atoms with Gasteiger partial charge in [0.05, 0.1) is 32.0 Å². The summed E-state index contributed by atoms with van der Waals surface area (Å²) < 4.78 is 39.4. The first-order chi connectivity index (χ1) is 20.2. The van der Waals surface area contributed by atoms with E-state index in [-0.39, 0.29) is 43.0 Å². The first-order valence-electron chi connectivity index (χ1n) is 14.2. The zero-order valence-corrected chi connectivity index (χ0v) is 23.9. The molecule has 3 N–H and O–H groups in total. The van der Waals surface area contributed by atoms with Gasteiger partial charge in [-0.2, -0.15) is 0 Å². The van der Waals surface area contributed by atoms with E-state index in [1.54, 1.807) is 19.3 Å². The predicted molar refractivity (Wildman–Crippen MR) is 155 cm³/mol. The van der Waals surface area contributed by atoms with E-state index in [0.29, 0.717) is 38.2 Å². The molecule has 0 radical (unpaired) electrons. The van der Waals surface area contributed by atoms with E-state index >= 15 is 0 Å². The molecule has 226 valence electrons. The summed E-state index contributed by atoms with van der Waals surface area (Å²) in [5.41, 5.74) is 2.26. The van der Waals surface area contributed by atoms with Gasteiger partial charge in [-0.05, 0) is 66.6 Å². The Morgan fingerprint density at radius 1 is 1.17 bits per heavy atom. The lowest BCUT2D eigenvalue weighted by Crippen LogP contribution is -2.55. The van der Waals surface area contributed by atoms with Crippen molar-refractivity contribution < 1.29 is 33.0 Å². The maximum Gasteiger partial charge on any atom is 0.243 e. The van der Waals surface area contributed by atoms with Crippen LogP contribution in [0.2, 0.25) is 0 Å². The second kappa shape index (κ2) is 14.5. The van der Waals surface area contributed by atoms with Crippen LogP contribution in [0.1, 0.15) is 54.5 Å². The second-order valence-electron chi connectivity index (χ2n) is 10.7. The molecule has 1 aliphatic carbocycles. The molecule has 8 nitrogen and oxygen atoms in total. The number of aliphatic hydroxyl groups is 1. The monoisotopic (exact) mass is 583 g/mol. The third-order valence-electron chi connectivity index (χ3n) is 7.80. The van der Waals surface area contributed by atoms with Crippen molar-refractivity contribution in [3.8, 4) is 5.75 Å². The number of halogens is 2. The van der Waals surface area contributed by atoms with Crippen LogP contribution in [0.25, 0.3) is 0 Å². The second-order valence-corrected chi connectivity index (χ2v) is 10.7. The zero-order valence-electron chi connectivity index (χ0n) is 23.9. The molecule has 5 atom stereocenters. The highest BCUT2D eigenvalue weighted by atomic mass is 19.1. The Hall–Kier alpha value is -3.60. The number of hydrogen-bond acceptors (Lipinski definition) is 6. The van der Waals surface area contributed by atoms with Crippen molar-refractivity contribution in [1.29, 1.82) is 0 Å². The number of carbonyl (C=O) groups is 2. The summed E-state index contributed by atoms with van der Waals surface area (Å²) in [5.74, 6) is -1.39. The van der Waals surface area contributed by atoms with Crippen LogP contribution in [0.5, 0.6) is 5.75 Å². The van der Waals surface area contributed by atoms with Crippen LogP contribution >= 0.6 is 0 Å². The largest absolute Gasteiger partial charge is 0.497 e. The van der Waals surface area contributed by atoms with Crippen LogP contribution in [0.3, 0.4) is 0 Å². The molecule has 2 aromatic carbocycles. The number of rotatable bonds is 15. The molecule has 2 amide bonds. The van der Waals surface area contributed by atoms with Crippen LogP contribution in [-0.2, 0) is 20.7 Å². The number of fused-ring (bicyclic) bond motifs is 1. The Morgan fingerprint density at radius 2 is 1.93 bits per heavy atom. The quantitative estimate of drug-likeness (QED) is 0.275. The number of likely N-dealkylation sites (tertiary alicyclic amines) is 1. The van der Waals surface area contributed by atoms with E-state index in [1.807, 2.05) is 18.2 Å². The summed E-state index contributed by atoms with van der Waals surface area (Å²) in [7, 11) is 1.59. The molecule has 2 aromatic rings. The Bertz CT molecular complexity index is 1270. The summed E-state index contributed by atoms with van der Waals surface area (Å²) >= 11 is 0. The van der Waals surface area contributed by atoms with Gasteiger partial charge in [0.15, 0.2) is 0 Å². The number of nitrogens with zero attached hydrogens (tertiary/aromatic N) is 1. The van der Waals surface area contributed by atoms with Gasteiger partial charge in [-0.1, -0.05) is 18.2 Å². The molecule has 1 unspecified atom stereocenters. The van der Waals surface area contributed by atoms with Crippen LogP contribution < -0.4 is 15.4 Å². The van der Waals surface area contributed by atoms with Gasteiger partial charge in [0.25, 0.3) is 0 Å². The van der Waals surface area contributed by atoms with Crippen LogP contribution in [0, 0.1) is 11.6 Å². The summed E-state index contributed by atoms with van der Waals surface area (Å²) in [6.45, 7) is 8.35. The van der Waals surface area contributed by atoms with Gasteiger partial charge in [0.2, 0.25) is 11.8 Å². The third kappa shape index (κ3) is 7.61. The summed E-state index contributed by atoms with van der Waals surface area (Å²) in [4.78, 5) is 27.4. The van der Waals surface area contributed by atoms with Crippen molar-refractivity contribution in [2.45, 2.75) is 62.4 Å². The number of ether oxygens (including phenoxy) is 2. The van der Waals surface area contributed by atoms with Gasteiger partial charge in [-0.25, -0.2) is 8.78 Å². The fraction of sp³-hybridized carbons (Fsp3) is 0.438. The van der Waals surface area contributed by atoms with Gasteiger partial charge in [0.1, 0.15) is 23.4 Å². The molecule has 0 spiro atoms. The summed E-state index contributed by atoms with van der Waals surface area (Å²) in [6, 6.07) is 7.00. The summed E-state index contributed by atoms with van der Waals surface area (Å²) in [6.07, 6.45) is 3.77. The van der Waals surface area contributed by atoms with Crippen molar-refractivity contribution in [3.63, 3.8) is 0 Å². The number of methoxy groups -OCH3 is 1. The van der Waals surface area contributed by atoms with Crippen molar-refractivity contribution in [2.75, 3.05) is 26.8 Å². The number of amides is 2. The Balaban J connectivity index is 1.53. The minimum atomic E-state index is -1.14. The van der Waals surface area contributed by atoms with Crippen molar-refractivity contribution >= 4 is 11.8 Å².